The minimum Gasteiger partial charge on any atom is -0.508 e. The fourth-order valence-corrected chi connectivity index (χ4v) is 1.81. The Bertz CT molecular complexity index is 718. The van der Waals surface area contributed by atoms with Gasteiger partial charge in [0.2, 0.25) is 0 Å². The lowest BCUT2D eigenvalue weighted by atomic mass is 10.0. The van der Waals surface area contributed by atoms with Gasteiger partial charge in [-0.25, -0.2) is 4.79 Å². The van der Waals surface area contributed by atoms with Crippen LogP contribution in [0, 0.1) is 0 Å². The summed E-state index contributed by atoms with van der Waals surface area (Å²) < 4.78 is 0. The molecule has 2 aromatic carbocycles. The summed E-state index contributed by atoms with van der Waals surface area (Å²) in [5.41, 5.74) is 6.43. The summed E-state index contributed by atoms with van der Waals surface area (Å²) >= 11 is 0. The molecule has 5 heteroatoms. The molecule has 0 bridgehead atoms. The summed E-state index contributed by atoms with van der Waals surface area (Å²) in [6.07, 6.45) is 2.87. The standard InChI is InChI=1S/C16H13NO4/c17-15-12(2-1-3-13(15)16(20)21)14(19)9-6-10-4-7-11(18)8-5-10/h1-9,18H,17H2,(H,20,21)/b9-6+. The van der Waals surface area contributed by atoms with Crippen molar-refractivity contribution in [2.75, 3.05) is 5.73 Å². The Morgan fingerprint density at radius 2 is 1.62 bits per heavy atom. The fraction of sp³-hybridized carbons (Fsp3) is 0. The van der Waals surface area contributed by atoms with E-state index in [4.69, 9.17) is 15.9 Å². The van der Waals surface area contributed by atoms with Crippen molar-refractivity contribution in [3.05, 3.63) is 65.2 Å². The number of carboxylic acid groups (broad SMARTS) is 1. The number of nitrogen functional groups attached to an aromatic ring is 1. The molecule has 0 radical (unpaired) electrons. The molecule has 0 aliphatic carbocycles. The van der Waals surface area contributed by atoms with Gasteiger partial charge >= 0.3 is 5.97 Å². The molecule has 0 aromatic heterocycles. The molecule has 0 aliphatic heterocycles. The summed E-state index contributed by atoms with van der Waals surface area (Å²) in [4.78, 5) is 23.0. The minimum absolute atomic E-state index is 0.0506. The molecule has 0 aliphatic rings. The molecule has 2 rings (SSSR count). The summed E-state index contributed by atoms with van der Waals surface area (Å²) in [5.74, 6) is -1.43. The van der Waals surface area contributed by atoms with E-state index < -0.39 is 5.97 Å². The van der Waals surface area contributed by atoms with Gasteiger partial charge in [-0.15, -0.1) is 0 Å². The van der Waals surface area contributed by atoms with E-state index in [-0.39, 0.29) is 28.3 Å². The van der Waals surface area contributed by atoms with Crippen molar-refractivity contribution >= 4 is 23.5 Å². The normalized spacial score (nSPS) is 10.7. The van der Waals surface area contributed by atoms with Crippen LogP contribution in [0.1, 0.15) is 26.3 Å². The number of nitrogens with two attached hydrogens (primary N) is 1. The number of aromatic hydroxyl groups is 1. The van der Waals surface area contributed by atoms with Crippen LogP contribution < -0.4 is 5.73 Å². The number of carboxylic acids is 1. The number of aromatic carboxylic acids is 1. The van der Waals surface area contributed by atoms with Crippen LogP contribution in [0.4, 0.5) is 5.69 Å². The van der Waals surface area contributed by atoms with Gasteiger partial charge in [-0.2, -0.15) is 0 Å². The first-order valence-corrected chi connectivity index (χ1v) is 6.12. The van der Waals surface area contributed by atoms with Gasteiger partial charge in [0.05, 0.1) is 11.3 Å². The number of phenols is 1. The average molecular weight is 283 g/mol. The Morgan fingerprint density at radius 3 is 2.24 bits per heavy atom. The smallest absolute Gasteiger partial charge is 0.337 e. The number of carbonyl (C=O) groups is 2. The maximum atomic E-state index is 12.1. The number of carbonyl (C=O) groups excluding carboxylic acids is 1. The number of para-hydroxylation sites is 1. The highest BCUT2D eigenvalue weighted by molar-refractivity contribution is 6.12. The SMILES string of the molecule is Nc1c(C(=O)O)cccc1C(=O)/C=C/c1ccc(O)cc1. The van der Waals surface area contributed by atoms with Crippen molar-refractivity contribution in [3.8, 4) is 5.75 Å². The fourth-order valence-electron chi connectivity index (χ4n) is 1.81. The minimum atomic E-state index is -1.18. The van der Waals surface area contributed by atoms with E-state index in [1.807, 2.05) is 0 Å². The molecule has 4 N–H and O–H groups in total. The quantitative estimate of drug-likeness (QED) is 0.455. The zero-order valence-electron chi connectivity index (χ0n) is 11.0. The molecular formula is C16H13NO4. The number of ketones is 1. The highest BCUT2D eigenvalue weighted by Gasteiger charge is 2.14. The van der Waals surface area contributed by atoms with Gasteiger partial charge in [0.1, 0.15) is 5.75 Å². The summed E-state index contributed by atoms with van der Waals surface area (Å²) in [6.45, 7) is 0. The predicted octanol–water partition coefficient (Wildman–Crippen LogP) is 2.57. The van der Waals surface area contributed by atoms with Gasteiger partial charge in [0.25, 0.3) is 0 Å². The van der Waals surface area contributed by atoms with Crippen LogP contribution in [-0.2, 0) is 0 Å². The Balaban J connectivity index is 2.26. The van der Waals surface area contributed by atoms with Crippen molar-refractivity contribution in [3.63, 3.8) is 0 Å². The van der Waals surface area contributed by atoms with Gasteiger partial charge in [-0.3, -0.25) is 4.79 Å². The van der Waals surface area contributed by atoms with E-state index in [1.54, 1.807) is 18.2 Å². The Morgan fingerprint density at radius 1 is 1.00 bits per heavy atom. The van der Waals surface area contributed by atoms with Crippen LogP contribution in [0.2, 0.25) is 0 Å². The topological polar surface area (TPSA) is 101 Å². The van der Waals surface area contributed by atoms with Gasteiger partial charge in [-0.05, 0) is 35.9 Å². The number of hydrogen-bond donors (Lipinski definition) is 3. The van der Waals surface area contributed by atoms with E-state index in [2.05, 4.69) is 0 Å². The molecule has 0 heterocycles. The van der Waals surface area contributed by atoms with Gasteiger partial charge in [-0.1, -0.05) is 24.3 Å². The molecule has 2 aromatic rings. The molecule has 5 nitrogen and oxygen atoms in total. The van der Waals surface area contributed by atoms with Crippen molar-refractivity contribution in [2.24, 2.45) is 0 Å². The van der Waals surface area contributed by atoms with Crippen LogP contribution in [0.25, 0.3) is 6.08 Å². The number of phenolic OH excluding ortho intramolecular Hbond substituents is 1. The largest absolute Gasteiger partial charge is 0.508 e. The number of rotatable bonds is 4. The monoisotopic (exact) mass is 283 g/mol. The van der Waals surface area contributed by atoms with E-state index >= 15 is 0 Å². The van der Waals surface area contributed by atoms with Gasteiger partial charge in [0, 0.05) is 5.56 Å². The zero-order valence-corrected chi connectivity index (χ0v) is 11.0. The molecule has 21 heavy (non-hydrogen) atoms. The van der Waals surface area contributed by atoms with E-state index in [0.717, 1.165) is 5.56 Å². The Kier molecular flexibility index (Phi) is 4.04. The second kappa shape index (κ2) is 5.92. The molecule has 0 saturated heterocycles. The number of allylic oxidation sites excluding steroid dienone is 1. The van der Waals surface area contributed by atoms with Crippen molar-refractivity contribution < 1.29 is 19.8 Å². The first-order valence-electron chi connectivity index (χ1n) is 6.12. The highest BCUT2D eigenvalue weighted by atomic mass is 16.4. The van der Waals surface area contributed by atoms with Gasteiger partial charge < -0.3 is 15.9 Å². The first kappa shape index (κ1) is 14.3. The molecule has 0 unspecified atom stereocenters. The highest BCUT2D eigenvalue weighted by Crippen LogP contribution is 2.19. The van der Waals surface area contributed by atoms with E-state index in [1.165, 1.54) is 36.4 Å². The maximum Gasteiger partial charge on any atom is 0.337 e. The summed E-state index contributed by atoms with van der Waals surface area (Å²) in [7, 11) is 0. The lowest BCUT2D eigenvalue weighted by molar-refractivity contribution is 0.0698. The molecule has 0 fully saturated rings. The van der Waals surface area contributed by atoms with E-state index in [9.17, 15) is 9.59 Å². The lowest BCUT2D eigenvalue weighted by Gasteiger charge is -2.05. The second-order valence-corrected chi connectivity index (χ2v) is 4.36. The second-order valence-electron chi connectivity index (χ2n) is 4.36. The third-order valence-corrected chi connectivity index (χ3v) is 2.92. The molecule has 106 valence electrons. The average Bonchev–Trinajstić information content (AvgIpc) is 2.46. The third-order valence-electron chi connectivity index (χ3n) is 2.92. The molecule has 0 amide bonds. The zero-order chi connectivity index (χ0) is 15.4. The van der Waals surface area contributed by atoms with Crippen LogP contribution >= 0.6 is 0 Å². The van der Waals surface area contributed by atoms with Crippen molar-refractivity contribution in [1.82, 2.24) is 0 Å². The van der Waals surface area contributed by atoms with Crippen LogP contribution in [-0.4, -0.2) is 22.0 Å². The van der Waals surface area contributed by atoms with Crippen LogP contribution in [0.3, 0.4) is 0 Å². The van der Waals surface area contributed by atoms with Crippen molar-refractivity contribution in [2.45, 2.75) is 0 Å². The Labute approximate surface area is 121 Å². The molecule has 0 saturated carbocycles. The number of anilines is 1. The predicted molar refractivity (Wildman–Crippen MR) is 79.3 cm³/mol. The Hall–Kier alpha value is -3.08. The maximum absolute atomic E-state index is 12.1. The van der Waals surface area contributed by atoms with Crippen LogP contribution in [0.5, 0.6) is 5.75 Å². The van der Waals surface area contributed by atoms with E-state index in [0.29, 0.717) is 0 Å². The third kappa shape index (κ3) is 3.27. The van der Waals surface area contributed by atoms with Crippen molar-refractivity contribution in [1.29, 1.82) is 0 Å². The lowest BCUT2D eigenvalue weighted by Crippen LogP contribution is -2.08. The van der Waals surface area contributed by atoms with Crippen LogP contribution in [0.15, 0.2) is 48.5 Å². The molecule has 0 spiro atoms. The van der Waals surface area contributed by atoms with Gasteiger partial charge in [0.15, 0.2) is 5.78 Å². The number of benzene rings is 2. The first-order chi connectivity index (χ1) is 9.99. The number of hydrogen-bond acceptors (Lipinski definition) is 4. The molecule has 0 atom stereocenters. The molecular weight excluding hydrogens is 270 g/mol. The summed E-state index contributed by atoms with van der Waals surface area (Å²) in [5, 5.41) is 18.1. The summed E-state index contributed by atoms with van der Waals surface area (Å²) in [6, 6.07) is 10.6.